The number of fused-ring (bicyclic) bond motifs is 2. The number of benzene rings is 1. The van der Waals surface area contributed by atoms with Gasteiger partial charge in [-0.15, -0.1) is 0 Å². The van der Waals surface area contributed by atoms with Gasteiger partial charge in [0.1, 0.15) is 11.6 Å². The Morgan fingerprint density at radius 1 is 1.22 bits per heavy atom. The lowest BCUT2D eigenvalue weighted by Crippen LogP contribution is -2.60. The van der Waals surface area contributed by atoms with Gasteiger partial charge in [-0.2, -0.15) is 0 Å². The van der Waals surface area contributed by atoms with Gasteiger partial charge in [-0.05, 0) is 76.6 Å². The summed E-state index contributed by atoms with van der Waals surface area (Å²) in [6, 6.07) is 7.74. The third-order valence-electron chi connectivity index (χ3n) is 8.36. The van der Waals surface area contributed by atoms with Gasteiger partial charge in [0.05, 0.1) is 42.9 Å². The number of halogens is 1. The fraction of sp³-hybridized carbons (Fsp3) is 0.586. The molecule has 1 saturated carbocycles. The van der Waals surface area contributed by atoms with Gasteiger partial charge in [0, 0.05) is 42.3 Å². The summed E-state index contributed by atoms with van der Waals surface area (Å²) in [5.74, 6) is 0.229. The molecule has 4 heterocycles. The zero-order valence-corrected chi connectivity index (χ0v) is 21.8. The number of carbonyl (C=O) groups excluding carboxylic acids is 1. The largest absolute Gasteiger partial charge is 0.381 e. The summed E-state index contributed by atoms with van der Waals surface area (Å²) in [5.41, 5.74) is 3.71. The lowest BCUT2D eigenvalue weighted by molar-refractivity contribution is -0.124. The normalized spacial score (nSPS) is 24.6. The van der Waals surface area contributed by atoms with Gasteiger partial charge in [0.15, 0.2) is 0 Å². The van der Waals surface area contributed by atoms with Crippen LogP contribution in [0.15, 0.2) is 30.5 Å². The van der Waals surface area contributed by atoms with Crippen LogP contribution in [-0.2, 0) is 20.8 Å². The molecule has 6 rings (SSSR count). The number of hydrogen-bond acceptors (Lipinski definition) is 6. The highest BCUT2D eigenvalue weighted by Crippen LogP contribution is 2.44. The number of aromatic nitrogens is 1. The first-order valence-electron chi connectivity index (χ1n) is 13.7. The van der Waals surface area contributed by atoms with Gasteiger partial charge < -0.3 is 24.6 Å². The van der Waals surface area contributed by atoms with E-state index in [2.05, 4.69) is 41.2 Å². The van der Waals surface area contributed by atoms with E-state index in [4.69, 9.17) is 9.47 Å². The van der Waals surface area contributed by atoms with Gasteiger partial charge in [-0.1, -0.05) is 0 Å². The fourth-order valence-electron chi connectivity index (χ4n) is 6.50. The average Bonchev–Trinajstić information content (AvgIpc) is 3.03. The van der Waals surface area contributed by atoms with Crippen LogP contribution in [0.5, 0.6) is 0 Å². The van der Waals surface area contributed by atoms with E-state index in [0.717, 1.165) is 75.5 Å². The van der Waals surface area contributed by atoms with Crippen molar-refractivity contribution in [2.75, 3.05) is 41.4 Å². The Hall–Kier alpha value is -2.71. The molecule has 1 aromatic heterocycles. The van der Waals surface area contributed by atoms with Crippen molar-refractivity contribution in [3.8, 4) is 0 Å². The van der Waals surface area contributed by atoms with Crippen molar-refractivity contribution in [1.82, 2.24) is 4.98 Å². The molecule has 0 radical (unpaired) electrons. The number of nitrogens with zero attached hydrogens (tertiary/aromatic N) is 3. The number of ether oxygens (including phenoxy) is 2. The monoisotopic (exact) mass is 508 g/mol. The summed E-state index contributed by atoms with van der Waals surface area (Å²) in [5, 5.41) is 3.38. The minimum atomic E-state index is -0.397. The van der Waals surface area contributed by atoms with Gasteiger partial charge in [-0.25, -0.2) is 9.37 Å². The highest BCUT2D eigenvalue weighted by Gasteiger charge is 2.44. The molecule has 198 valence electrons. The topological polar surface area (TPSA) is 66.9 Å². The van der Waals surface area contributed by atoms with Gasteiger partial charge in [0.25, 0.3) is 0 Å². The van der Waals surface area contributed by atoms with Crippen LogP contribution in [0.1, 0.15) is 57.9 Å². The first-order chi connectivity index (χ1) is 17.9. The van der Waals surface area contributed by atoms with Crippen molar-refractivity contribution in [3.63, 3.8) is 0 Å². The summed E-state index contributed by atoms with van der Waals surface area (Å²) in [7, 11) is 0. The van der Waals surface area contributed by atoms with Crippen LogP contribution in [0.2, 0.25) is 0 Å². The minimum Gasteiger partial charge on any atom is -0.381 e. The number of rotatable bonds is 4. The Morgan fingerprint density at radius 2 is 2.03 bits per heavy atom. The van der Waals surface area contributed by atoms with Crippen molar-refractivity contribution >= 4 is 28.8 Å². The minimum absolute atomic E-state index is 0.0711. The summed E-state index contributed by atoms with van der Waals surface area (Å²) >= 11 is 0. The molecular formula is C29H37FN4O3. The quantitative estimate of drug-likeness (QED) is 0.596. The van der Waals surface area contributed by atoms with Gasteiger partial charge in [0.2, 0.25) is 5.91 Å². The van der Waals surface area contributed by atoms with Crippen molar-refractivity contribution in [1.29, 1.82) is 0 Å². The fourth-order valence-corrected chi connectivity index (χ4v) is 6.50. The molecule has 2 saturated heterocycles. The average molecular weight is 509 g/mol. The molecule has 3 aliphatic heterocycles. The third kappa shape index (κ3) is 4.93. The Balaban J connectivity index is 1.27. The highest BCUT2D eigenvalue weighted by molar-refractivity contribution is 6.00. The molecule has 1 N–H and O–H groups in total. The highest BCUT2D eigenvalue weighted by atomic mass is 19.1. The lowest BCUT2D eigenvalue weighted by atomic mass is 9.75. The molecule has 0 bridgehead atoms. The molecule has 37 heavy (non-hydrogen) atoms. The van der Waals surface area contributed by atoms with Crippen LogP contribution in [-0.4, -0.2) is 49.4 Å². The molecule has 2 aromatic rings. The van der Waals surface area contributed by atoms with E-state index in [-0.39, 0.29) is 29.4 Å². The Bertz CT molecular complexity index is 1150. The summed E-state index contributed by atoms with van der Waals surface area (Å²) < 4.78 is 25.9. The van der Waals surface area contributed by atoms with Crippen molar-refractivity contribution in [2.24, 2.45) is 11.3 Å². The maximum Gasteiger partial charge on any atom is 0.230 e. The van der Waals surface area contributed by atoms with E-state index in [0.29, 0.717) is 17.9 Å². The number of carbonyl (C=O) groups is 1. The van der Waals surface area contributed by atoms with E-state index in [9.17, 15) is 9.18 Å². The summed E-state index contributed by atoms with van der Waals surface area (Å²) in [6.45, 7) is 8.05. The molecule has 1 aromatic carbocycles. The van der Waals surface area contributed by atoms with Crippen LogP contribution in [0.3, 0.4) is 0 Å². The van der Waals surface area contributed by atoms with Crippen LogP contribution in [0.25, 0.3) is 0 Å². The summed E-state index contributed by atoms with van der Waals surface area (Å²) in [4.78, 5) is 22.5. The molecule has 0 atom stereocenters. The lowest BCUT2D eigenvalue weighted by Gasteiger charge is -2.53. The van der Waals surface area contributed by atoms with Crippen molar-refractivity contribution in [3.05, 3.63) is 41.8 Å². The Morgan fingerprint density at radius 3 is 2.76 bits per heavy atom. The maximum atomic E-state index is 14.2. The van der Waals surface area contributed by atoms with E-state index in [1.165, 1.54) is 18.7 Å². The predicted molar refractivity (Wildman–Crippen MR) is 142 cm³/mol. The van der Waals surface area contributed by atoms with E-state index >= 15 is 0 Å². The second-order valence-electron chi connectivity index (χ2n) is 11.6. The molecule has 1 amide bonds. The smallest absolute Gasteiger partial charge is 0.230 e. The standard InChI is InChI=1S/C29H37FN4O3/c1-19(2)37-24-7-4-20(5-8-24)28(35)34-15-21-12-22(30)14-31-27(21)32-25-9-6-23(13-26(25)34)33-16-29(17-33)10-3-11-36-18-29/h6,9,12-14,19-20,24H,3-5,7-8,10-11,15-18H2,1-2H3,(H,31,32). The zero-order valence-electron chi connectivity index (χ0n) is 21.8. The van der Waals surface area contributed by atoms with Crippen LogP contribution < -0.4 is 15.1 Å². The second kappa shape index (κ2) is 9.87. The first kappa shape index (κ1) is 24.6. The zero-order chi connectivity index (χ0) is 25.6. The van der Waals surface area contributed by atoms with E-state index in [1.54, 1.807) is 0 Å². The second-order valence-corrected chi connectivity index (χ2v) is 11.6. The van der Waals surface area contributed by atoms with Crippen molar-refractivity contribution in [2.45, 2.75) is 71.1 Å². The number of anilines is 4. The Kier molecular flexibility index (Phi) is 6.57. The molecule has 8 heteroatoms. The molecular weight excluding hydrogens is 471 g/mol. The van der Waals surface area contributed by atoms with Gasteiger partial charge >= 0.3 is 0 Å². The molecule has 0 unspecified atom stereocenters. The molecule has 3 fully saturated rings. The van der Waals surface area contributed by atoms with E-state index in [1.807, 2.05) is 11.0 Å². The first-order valence-corrected chi connectivity index (χ1v) is 13.7. The van der Waals surface area contributed by atoms with Gasteiger partial charge in [-0.3, -0.25) is 4.79 Å². The van der Waals surface area contributed by atoms with Crippen LogP contribution in [0, 0.1) is 17.2 Å². The number of nitrogens with one attached hydrogen (secondary N) is 1. The number of amides is 1. The maximum absolute atomic E-state index is 14.2. The molecule has 1 spiro atoms. The number of pyridine rings is 1. The summed E-state index contributed by atoms with van der Waals surface area (Å²) in [6.07, 6.45) is 7.34. The number of hydrogen-bond donors (Lipinski definition) is 1. The van der Waals surface area contributed by atoms with Crippen molar-refractivity contribution < 1.29 is 18.7 Å². The van der Waals surface area contributed by atoms with E-state index < -0.39 is 5.82 Å². The molecule has 7 nitrogen and oxygen atoms in total. The molecule has 1 aliphatic carbocycles. The van der Waals surface area contributed by atoms with Crippen LogP contribution in [0.4, 0.5) is 27.3 Å². The Labute approximate surface area is 218 Å². The molecule has 4 aliphatic rings. The SMILES string of the molecule is CC(C)OC1CCC(C(=O)N2Cc3cc(F)cnc3Nc3ccc(N4CC5(CCCOC5)C4)cc32)CC1. The predicted octanol–water partition coefficient (Wildman–Crippen LogP) is 5.41. The third-order valence-corrected chi connectivity index (χ3v) is 8.36. The van der Waals surface area contributed by atoms with Crippen LogP contribution >= 0.6 is 0 Å².